The SMILES string of the molecule is C=C(CN)OP(OC)N(C(C)C)C(C)C. The van der Waals surface area contributed by atoms with Crippen molar-refractivity contribution in [3.63, 3.8) is 0 Å². The molecule has 0 saturated heterocycles. The van der Waals surface area contributed by atoms with Crippen molar-refractivity contribution in [2.24, 2.45) is 5.73 Å². The summed E-state index contributed by atoms with van der Waals surface area (Å²) in [6.07, 6.45) is 0. The van der Waals surface area contributed by atoms with Gasteiger partial charge in [-0.1, -0.05) is 6.58 Å². The Bertz CT molecular complexity index is 190. The standard InChI is InChI=1S/C10H23N2O2P/c1-8(2)12(9(3)4)15(13-6)14-10(5)7-11/h8-9H,5,7,11H2,1-4,6H3. The molecule has 0 spiro atoms. The van der Waals surface area contributed by atoms with Crippen molar-refractivity contribution in [3.05, 3.63) is 12.3 Å². The first-order valence-corrected chi connectivity index (χ1v) is 6.25. The number of hydrogen-bond acceptors (Lipinski definition) is 4. The van der Waals surface area contributed by atoms with Crippen molar-refractivity contribution in [1.29, 1.82) is 0 Å². The highest BCUT2D eigenvalue weighted by atomic mass is 31.2. The topological polar surface area (TPSA) is 47.7 Å². The maximum absolute atomic E-state index is 5.58. The van der Waals surface area contributed by atoms with E-state index in [0.29, 0.717) is 24.4 Å². The molecule has 15 heavy (non-hydrogen) atoms. The van der Waals surface area contributed by atoms with Gasteiger partial charge in [-0.25, -0.2) is 4.67 Å². The lowest BCUT2D eigenvalue weighted by atomic mass is 10.3. The minimum absolute atomic E-state index is 0.326. The Morgan fingerprint density at radius 2 is 1.80 bits per heavy atom. The Labute approximate surface area is 94.4 Å². The van der Waals surface area contributed by atoms with Crippen LogP contribution in [0.25, 0.3) is 0 Å². The van der Waals surface area contributed by atoms with Gasteiger partial charge in [0.15, 0.2) is 0 Å². The molecule has 0 amide bonds. The zero-order chi connectivity index (χ0) is 12.0. The quantitative estimate of drug-likeness (QED) is 0.543. The van der Waals surface area contributed by atoms with Gasteiger partial charge in [-0.15, -0.1) is 0 Å². The summed E-state index contributed by atoms with van der Waals surface area (Å²) >= 11 is 0. The van der Waals surface area contributed by atoms with E-state index in [2.05, 4.69) is 38.9 Å². The predicted molar refractivity (Wildman–Crippen MR) is 65.3 cm³/mol. The molecule has 0 heterocycles. The van der Waals surface area contributed by atoms with Crippen molar-refractivity contribution in [2.75, 3.05) is 13.7 Å². The van der Waals surface area contributed by atoms with E-state index in [-0.39, 0.29) is 0 Å². The fourth-order valence-electron chi connectivity index (χ4n) is 1.30. The van der Waals surface area contributed by atoms with Gasteiger partial charge in [-0.3, -0.25) is 0 Å². The number of nitrogens with zero attached hydrogens (tertiary/aromatic N) is 1. The highest BCUT2D eigenvalue weighted by molar-refractivity contribution is 7.44. The molecule has 4 nitrogen and oxygen atoms in total. The largest absolute Gasteiger partial charge is 0.440 e. The highest BCUT2D eigenvalue weighted by Crippen LogP contribution is 2.46. The molecule has 0 aromatic heterocycles. The fourth-order valence-corrected chi connectivity index (χ4v) is 2.71. The van der Waals surface area contributed by atoms with Gasteiger partial charge in [0.25, 0.3) is 0 Å². The van der Waals surface area contributed by atoms with Crippen molar-refractivity contribution < 1.29 is 9.05 Å². The molecule has 1 atom stereocenters. The Morgan fingerprint density at radius 1 is 1.33 bits per heavy atom. The van der Waals surface area contributed by atoms with Gasteiger partial charge >= 0.3 is 8.53 Å². The molecule has 1 unspecified atom stereocenters. The summed E-state index contributed by atoms with van der Waals surface area (Å²) in [7, 11) is 0.554. The predicted octanol–water partition coefficient (Wildman–Crippen LogP) is 2.47. The second kappa shape index (κ2) is 7.18. The molecule has 2 N–H and O–H groups in total. The van der Waals surface area contributed by atoms with Crippen LogP contribution in [-0.4, -0.2) is 30.4 Å². The maximum atomic E-state index is 5.58. The van der Waals surface area contributed by atoms with Crippen LogP contribution in [0.1, 0.15) is 27.7 Å². The van der Waals surface area contributed by atoms with E-state index in [1.807, 2.05) is 0 Å². The zero-order valence-corrected chi connectivity index (χ0v) is 11.3. The first-order chi connectivity index (χ1) is 6.93. The summed E-state index contributed by atoms with van der Waals surface area (Å²) in [5, 5.41) is 0. The first kappa shape index (κ1) is 14.8. The molecule has 0 bridgehead atoms. The third kappa shape index (κ3) is 4.94. The molecular weight excluding hydrogens is 211 g/mol. The fraction of sp³-hybridized carbons (Fsp3) is 0.800. The summed E-state index contributed by atoms with van der Waals surface area (Å²) in [5.41, 5.74) is 5.44. The van der Waals surface area contributed by atoms with E-state index in [1.54, 1.807) is 7.11 Å². The van der Waals surface area contributed by atoms with Crippen LogP contribution >= 0.6 is 8.53 Å². The molecular formula is C10H23N2O2P. The Balaban J connectivity index is 4.52. The third-order valence-corrected chi connectivity index (χ3v) is 3.87. The van der Waals surface area contributed by atoms with Crippen molar-refractivity contribution in [2.45, 2.75) is 39.8 Å². The van der Waals surface area contributed by atoms with Crippen LogP contribution in [0.15, 0.2) is 12.3 Å². The average Bonchev–Trinajstić information content (AvgIpc) is 2.15. The smallest absolute Gasteiger partial charge is 0.320 e. The lowest BCUT2D eigenvalue weighted by Crippen LogP contribution is -2.33. The molecule has 0 aromatic carbocycles. The normalized spacial score (nSPS) is 13.7. The van der Waals surface area contributed by atoms with Crippen LogP contribution < -0.4 is 5.73 Å². The van der Waals surface area contributed by atoms with Crippen molar-refractivity contribution >= 4 is 8.53 Å². The van der Waals surface area contributed by atoms with Gasteiger partial charge < -0.3 is 14.8 Å². The highest BCUT2D eigenvalue weighted by Gasteiger charge is 2.27. The van der Waals surface area contributed by atoms with Crippen molar-refractivity contribution in [3.8, 4) is 0 Å². The van der Waals surface area contributed by atoms with Gasteiger partial charge in [0, 0.05) is 19.2 Å². The number of rotatable bonds is 7. The molecule has 0 aliphatic heterocycles. The second-order valence-electron chi connectivity index (χ2n) is 3.82. The van der Waals surface area contributed by atoms with E-state index in [9.17, 15) is 0 Å². The van der Waals surface area contributed by atoms with Gasteiger partial charge in [0.1, 0.15) is 5.76 Å². The first-order valence-electron chi connectivity index (χ1n) is 5.12. The Kier molecular flexibility index (Phi) is 7.11. The number of hydrogen-bond donors (Lipinski definition) is 1. The van der Waals surface area contributed by atoms with Crippen LogP contribution in [0.5, 0.6) is 0 Å². The van der Waals surface area contributed by atoms with Crippen molar-refractivity contribution in [1.82, 2.24) is 4.67 Å². The van der Waals surface area contributed by atoms with E-state index < -0.39 is 8.53 Å². The van der Waals surface area contributed by atoms with Crippen LogP contribution in [-0.2, 0) is 9.05 Å². The summed E-state index contributed by atoms with van der Waals surface area (Å²) in [6, 6.07) is 0.725. The summed E-state index contributed by atoms with van der Waals surface area (Å²) < 4.78 is 13.1. The summed E-state index contributed by atoms with van der Waals surface area (Å²) in [5.74, 6) is 0.564. The molecule has 0 aliphatic carbocycles. The number of nitrogens with two attached hydrogens (primary N) is 1. The van der Waals surface area contributed by atoms with Crippen LogP contribution in [0, 0.1) is 0 Å². The lowest BCUT2D eigenvalue weighted by molar-refractivity contribution is 0.221. The van der Waals surface area contributed by atoms with E-state index in [4.69, 9.17) is 14.8 Å². The van der Waals surface area contributed by atoms with E-state index in [0.717, 1.165) is 0 Å². The average molecular weight is 234 g/mol. The third-order valence-electron chi connectivity index (χ3n) is 1.84. The minimum Gasteiger partial charge on any atom is -0.440 e. The van der Waals surface area contributed by atoms with Gasteiger partial charge in [0.05, 0.1) is 6.54 Å². The Morgan fingerprint density at radius 3 is 2.07 bits per heavy atom. The second-order valence-corrected chi connectivity index (χ2v) is 5.31. The van der Waals surface area contributed by atoms with Gasteiger partial charge in [0.2, 0.25) is 0 Å². The van der Waals surface area contributed by atoms with E-state index in [1.165, 1.54) is 0 Å². The molecule has 0 radical (unpaired) electrons. The molecule has 0 fully saturated rings. The van der Waals surface area contributed by atoms with Gasteiger partial charge in [-0.05, 0) is 27.7 Å². The molecule has 5 heteroatoms. The zero-order valence-electron chi connectivity index (χ0n) is 10.4. The van der Waals surface area contributed by atoms with Crippen LogP contribution in [0.2, 0.25) is 0 Å². The molecule has 0 saturated carbocycles. The maximum Gasteiger partial charge on any atom is 0.320 e. The minimum atomic E-state index is -1.09. The van der Waals surface area contributed by atoms with E-state index >= 15 is 0 Å². The van der Waals surface area contributed by atoms with Gasteiger partial charge in [-0.2, -0.15) is 0 Å². The molecule has 0 rings (SSSR count). The van der Waals surface area contributed by atoms with Crippen LogP contribution in [0.3, 0.4) is 0 Å². The lowest BCUT2D eigenvalue weighted by Gasteiger charge is -2.34. The molecule has 0 aliphatic rings. The molecule has 0 aromatic rings. The molecule has 90 valence electrons. The Hall–Kier alpha value is -0.150. The summed E-state index contributed by atoms with van der Waals surface area (Å²) in [4.78, 5) is 0. The summed E-state index contributed by atoms with van der Waals surface area (Å²) in [6.45, 7) is 12.5. The monoisotopic (exact) mass is 234 g/mol. The van der Waals surface area contributed by atoms with Crippen LogP contribution in [0.4, 0.5) is 0 Å².